The van der Waals surface area contributed by atoms with Crippen molar-refractivity contribution < 1.29 is 28.0 Å². The number of unbranched alkanes of at least 4 members (excludes halogenated alkanes) is 3. The second-order valence-electron chi connectivity index (χ2n) is 27.1. The molecule has 0 unspecified atom stereocenters. The summed E-state index contributed by atoms with van der Waals surface area (Å²) in [5.74, 6) is -0.556. The molecule has 2 aromatic heterocycles. The lowest BCUT2D eigenvalue weighted by molar-refractivity contribution is -0.123. The Morgan fingerprint density at radius 2 is 0.965 bits per heavy atom. The number of hydrogen-bond donors (Lipinski definition) is 6. The van der Waals surface area contributed by atoms with Gasteiger partial charge in [0.2, 0.25) is 23.6 Å². The van der Waals surface area contributed by atoms with E-state index in [9.17, 15) is 37.5 Å². The van der Waals surface area contributed by atoms with Crippen LogP contribution in [0.3, 0.4) is 0 Å². The number of amides is 4. The Balaban J connectivity index is 0.629. The van der Waals surface area contributed by atoms with E-state index in [0.29, 0.717) is 49.9 Å². The predicted octanol–water partition coefficient (Wildman–Crippen LogP) is 5.30. The zero-order chi connectivity index (χ0) is 60.9. The van der Waals surface area contributed by atoms with Gasteiger partial charge in [0.05, 0.1) is 24.5 Å². The molecule has 2 aromatic carbocycles. The number of fused-ring (bicyclic) bond motifs is 2. The van der Waals surface area contributed by atoms with Gasteiger partial charge in [-0.1, -0.05) is 64.8 Å². The first-order chi connectivity index (χ1) is 41.1. The number of aromatic amines is 2. The van der Waals surface area contributed by atoms with Crippen LogP contribution in [0.2, 0.25) is 0 Å². The highest BCUT2D eigenvalue weighted by Crippen LogP contribution is 2.41. The van der Waals surface area contributed by atoms with Gasteiger partial charge >= 0.3 is 0 Å². The third-order valence-electron chi connectivity index (χ3n) is 18.8. The van der Waals surface area contributed by atoms with Crippen molar-refractivity contribution in [1.82, 2.24) is 50.8 Å². The molecular formula is C66H92F2N12O6. The smallest absolute Gasteiger partial charge is 0.251 e. The number of H-pyrrole nitrogens is 2. The summed E-state index contributed by atoms with van der Waals surface area (Å²) in [6.07, 6.45) is 8.64. The number of nitrogens with zero attached hydrogens (tertiary/aromatic N) is 6. The van der Waals surface area contributed by atoms with E-state index in [1.54, 1.807) is 24.3 Å². The minimum absolute atomic E-state index is 0.0102. The number of carbonyl (C=O) groups is 4. The normalized spacial score (nSPS) is 24.3. The van der Waals surface area contributed by atoms with Gasteiger partial charge in [0.25, 0.3) is 11.1 Å². The van der Waals surface area contributed by atoms with E-state index in [2.05, 4.69) is 64.7 Å². The van der Waals surface area contributed by atoms with Crippen LogP contribution in [-0.4, -0.2) is 181 Å². The van der Waals surface area contributed by atoms with Crippen LogP contribution in [-0.2, 0) is 42.8 Å². The van der Waals surface area contributed by atoms with E-state index in [4.69, 9.17) is 0 Å². The topological polar surface area (TPSA) is 202 Å². The molecule has 4 saturated heterocycles. The molecule has 0 radical (unpaired) electrons. The van der Waals surface area contributed by atoms with Crippen molar-refractivity contribution >= 4 is 35.0 Å². The fraction of sp³-hybridized carbons (Fsp3) is 0.606. The summed E-state index contributed by atoms with van der Waals surface area (Å²) in [6.45, 7) is 21.7. The van der Waals surface area contributed by atoms with Crippen LogP contribution in [0.25, 0.3) is 0 Å². The third kappa shape index (κ3) is 15.7. The van der Waals surface area contributed by atoms with Gasteiger partial charge in [0.15, 0.2) is 0 Å². The molecule has 20 heteroatoms. The summed E-state index contributed by atoms with van der Waals surface area (Å²) in [6, 6.07) is 16.7. The van der Waals surface area contributed by atoms with E-state index in [1.165, 1.54) is 24.3 Å². The molecular weight excluding hydrogens is 1090 g/mol. The number of likely N-dealkylation sites (tertiary alicyclic amines) is 2. The van der Waals surface area contributed by atoms with Crippen molar-refractivity contribution in [2.24, 2.45) is 0 Å². The Morgan fingerprint density at radius 3 is 1.36 bits per heavy atom. The molecule has 10 rings (SSSR count). The Labute approximate surface area is 505 Å². The standard InChI is InChI=1S/C66H92F2N12O6/c1-43-33-77(39-59(83)79-41-65(3,4)61-55(79)29-47(63(85)73-61)27-45-17-21-49(67)22-18-45)53(31-69-43)37-75-25-11-13-51(35-75)71-57(81)15-9-7-8-10-16-58(82)72-52-14-12-26-76(36-52)38-54-32-70-44(2)34-78(54)40-60(84)80-42-66(5,6)62-56(80)30-48(64(86)74-62)28-46-19-23-50(68)24-20-46/h17-24,29-30,43-44,51-54,69-70H,7-16,25-28,31-42H2,1-6H3,(H,71,81)(H,72,82)(H,73,85)(H,74,86)/t43-,44-,51+,52+,53-,54-/m1/s1. The first-order valence-electron chi connectivity index (χ1n) is 31.7. The Hall–Kier alpha value is -6.16. The molecule has 6 N–H and O–H groups in total. The fourth-order valence-electron chi connectivity index (χ4n) is 14.2. The van der Waals surface area contributed by atoms with Gasteiger partial charge in [-0.15, -0.1) is 0 Å². The molecule has 6 atom stereocenters. The highest BCUT2D eigenvalue weighted by Gasteiger charge is 2.43. The molecule has 0 saturated carbocycles. The van der Waals surface area contributed by atoms with E-state index < -0.39 is 10.8 Å². The predicted molar refractivity (Wildman–Crippen MR) is 332 cm³/mol. The second kappa shape index (κ2) is 27.5. The zero-order valence-electron chi connectivity index (χ0n) is 51.5. The summed E-state index contributed by atoms with van der Waals surface area (Å²) >= 11 is 0. The maximum atomic E-state index is 14.3. The molecule has 0 aliphatic carbocycles. The maximum Gasteiger partial charge on any atom is 0.251 e. The molecule has 18 nitrogen and oxygen atoms in total. The molecule has 466 valence electrons. The molecule has 86 heavy (non-hydrogen) atoms. The molecule has 4 aromatic rings. The van der Waals surface area contributed by atoms with Crippen LogP contribution in [0, 0.1) is 11.6 Å². The SMILES string of the molecule is C[C@@H]1CN(CC(=O)N2CC(C)(C)c3[nH]c(=O)c(Cc4ccc(F)cc4)cc32)[C@@H](CN2CCC[C@H](NC(=O)CCCCCCC(=O)N[C@H]3CCCN(C[C@H]4CN[C@H](C)CN4CC(=O)N4CC(C)(C)c5[nH]c(=O)c(Cc6ccc(F)cc6)cc54)C3)C2)CN1. The van der Waals surface area contributed by atoms with E-state index in [1.807, 2.05) is 49.6 Å². The monoisotopic (exact) mass is 1190 g/mol. The highest BCUT2D eigenvalue weighted by molar-refractivity contribution is 5.98. The maximum absolute atomic E-state index is 14.3. The number of benzene rings is 2. The number of carbonyl (C=O) groups excluding carboxylic acids is 4. The van der Waals surface area contributed by atoms with Crippen LogP contribution in [0.5, 0.6) is 0 Å². The number of pyridine rings is 2. The number of aromatic nitrogens is 2. The van der Waals surface area contributed by atoms with Crippen LogP contribution in [0.15, 0.2) is 70.3 Å². The lowest BCUT2D eigenvalue weighted by Gasteiger charge is -2.43. The molecule has 4 fully saturated rings. The van der Waals surface area contributed by atoms with Crippen LogP contribution in [0.1, 0.15) is 139 Å². The average molecular weight is 1190 g/mol. The number of nitrogens with one attached hydrogen (secondary N) is 6. The minimum atomic E-state index is -0.440. The fourth-order valence-corrected chi connectivity index (χ4v) is 14.2. The minimum Gasteiger partial charge on any atom is -0.352 e. The van der Waals surface area contributed by atoms with Crippen molar-refractivity contribution in [3.05, 3.63) is 127 Å². The van der Waals surface area contributed by atoms with Crippen molar-refractivity contribution in [2.75, 3.05) is 101 Å². The first kappa shape index (κ1) is 62.9. The Bertz CT molecular complexity index is 2960. The molecule has 8 heterocycles. The molecule has 6 aliphatic rings. The van der Waals surface area contributed by atoms with Crippen molar-refractivity contribution in [3.8, 4) is 0 Å². The lowest BCUT2D eigenvalue weighted by Crippen LogP contribution is -2.62. The van der Waals surface area contributed by atoms with Gasteiger partial charge < -0.3 is 41.0 Å². The lowest BCUT2D eigenvalue weighted by atomic mass is 9.91. The van der Waals surface area contributed by atoms with Crippen LogP contribution in [0.4, 0.5) is 20.2 Å². The van der Waals surface area contributed by atoms with Crippen molar-refractivity contribution in [3.63, 3.8) is 0 Å². The van der Waals surface area contributed by atoms with Gasteiger partial charge in [-0.2, -0.15) is 0 Å². The molecule has 4 amide bonds. The quantitative estimate of drug-likeness (QED) is 0.0590. The highest BCUT2D eigenvalue weighted by atomic mass is 19.1. The number of halogens is 2. The number of piperazine rings is 2. The molecule has 0 spiro atoms. The van der Waals surface area contributed by atoms with E-state index in [-0.39, 0.29) is 95.7 Å². The van der Waals surface area contributed by atoms with Crippen molar-refractivity contribution in [2.45, 2.75) is 166 Å². The third-order valence-corrected chi connectivity index (χ3v) is 18.8. The summed E-state index contributed by atoms with van der Waals surface area (Å²) < 4.78 is 27.3. The van der Waals surface area contributed by atoms with Gasteiger partial charge in [-0.05, 0) is 113 Å². The Kier molecular flexibility index (Phi) is 20.1. The largest absolute Gasteiger partial charge is 0.352 e. The summed E-state index contributed by atoms with van der Waals surface area (Å²) in [7, 11) is 0. The first-order valence-corrected chi connectivity index (χ1v) is 31.7. The molecule has 0 bridgehead atoms. The van der Waals surface area contributed by atoms with Gasteiger partial charge in [0.1, 0.15) is 11.6 Å². The van der Waals surface area contributed by atoms with E-state index >= 15 is 0 Å². The van der Waals surface area contributed by atoms with Gasteiger partial charge in [-0.3, -0.25) is 48.4 Å². The number of piperidine rings is 2. The summed E-state index contributed by atoms with van der Waals surface area (Å²) in [4.78, 5) is 101. The summed E-state index contributed by atoms with van der Waals surface area (Å²) in [5, 5.41) is 13.9. The number of hydrogen-bond acceptors (Lipinski definition) is 12. The van der Waals surface area contributed by atoms with Gasteiger partial charge in [-0.25, -0.2) is 8.78 Å². The average Bonchev–Trinajstić information content (AvgIpc) is 2.14. The van der Waals surface area contributed by atoms with Crippen molar-refractivity contribution in [1.29, 1.82) is 0 Å². The zero-order valence-corrected chi connectivity index (χ0v) is 51.5. The van der Waals surface area contributed by atoms with E-state index in [0.717, 1.165) is 151 Å². The number of rotatable bonds is 21. The second-order valence-corrected chi connectivity index (χ2v) is 27.1. The molecule has 6 aliphatic heterocycles. The van der Waals surface area contributed by atoms with Crippen LogP contribution < -0.4 is 42.2 Å². The van der Waals surface area contributed by atoms with Crippen LogP contribution >= 0.6 is 0 Å². The Morgan fingerprint density at radius 1 is 0.570 bits per heavy atom. The van der Waals surface area contributed by atoms with Gasteiger partial charge in [0, 0.05) is 161 Å². The summed E-state index contributed by atoms with van der Waals surface area (Å²) in [5.41, 5.74) is 4.39. The number of anilines is 2.